The smallest absolute Gasteiger partial charge is 0.258 e. The van der Waals surface area contributed by atoms with Gasteiger partial charge in [-0.2, -0.15) is 0 Å². The van der Waals surface area contributed by atoms with E-state index in [2.05, 4.69) is 57.0 Å². The van der Waals surface area contributed by atoms with Crippen molar-refractivity contribution in [1.82, 2.24) is 16.0 Å². The fourth-order valence-corrected chi connectivity index (χ4v) is 3.98. The number of nitrogens with one attached hydrogen (secondary N) is 3. The number of carbonyl (C=O) groups excluding carboxylic acids is 1. The van der Waals surface area contributed by atoms with Crippen molar-refractivity contribution in [3.05, 3.63) is 59.7 Å². The number of guanidine groups is 1. The molecular weight excluding hydrogens is 541 g/mol. The summed E-state index contributed by atoms with van der Waals surface area (Å²) in [6, 6.07) is 17.4. The molecule has 1 unspecified atom stereocenters. The average Bonchev–Trinajstić information content (AvgIpc) is 3.52. The molecule has 0 bridgehead atoms. The van der Waals surface area contributed by atoms with Gasteiger partial charge in [0.1, 0.15) is 5.75 Å². The van der Waals surface area contributed by atoms with Crippen LogP contribution in [-0.4, -0.2) is 57.2 Å². The first kappa shape index (κ1) is 26.1. The number of aryl methyl sites for hydroxylation is 1. The number of anilines is 1. The minimum atomic E-state index is -0.0473. The molecule has 0 aromatic heterocycles. The summed E-state index contributed by atoms with van der Waals surface area (Å²) in [7, 11) is 1.81. The number of carbonyl (C=O) groups is 1. The molecule has 1 aliphatic carbocycles. The predicted molar refractivity (Wildman–Crippen MR) is 149 cm³/mol. The second-order valence-electron chi connectivity index (χ2n) is 8.93. The summed E-state index contributed by atoms with van der Waals surface area (Å²) in [6.07, 6.45) is 4.14. The number of aliphatic imine (C=N–C) groups is 1. The van der Waals surface area contributed by atoms with Crippen LogP contribution < -0.4 is 25.6 Å². The first-order chi connectivity index (χ1) is 16.1. The van der Waals surface area contributed by atoms with E-state index < -0.39 is 0 Å². The SMILES string of the molecule is CN=C(NCCc1ccc(OCC(=O)NC2CC2)cc1)NC1CCN(c2ccc(C)cc2)C1.I. The van der Waals surface area contributed by atoms with Gasteiger partial charge in [-0.05, 0) is 62.4 Å². The van der Waals surface area contributed by atoms with Gasteiger partial charge in [0.15, 0.2) is 12.6 Å². The minimum absolute atomic E-state index is 0. The summed E-state index contributed by atoms with van der Waals surface area (Å²) >= 11 is 0. The van der Waals surface area contributed by atoms with E-state index in [1.807, 2.05) is 31.3 Å². The molecule has 184 valence electrons. The van der Waals surface area contributed by atoms with Crippen molar-refractivity contribution < 1.29 is 9.53 Å². The fraction of sp³-hybridized carbons (Fsp3) is 0.462. The van der Waals surface area contributed by atoms with Crippen LogP contribution in [0.5, 0.6) is 5.75 Å². The Morgan fingerprint density at radius 1 is 1.03 bits per heavy atom. The molecule has 0 spiro atoms. The number of ether oxygens (including phenoxy) is 1. The zero-order chi connectivity index (χ0) is 23.0. The maximum atomic E-state index is 11.7. The van der Waals surface area contributed by atoms with E-state index in [0.717, 1.165) is 57.0 Å². The second kappa shape index (κ2) is 12.8. The molecule has 3 N–H and O–H groups in total. The Bertz CT molecular complexity index is 945. The van der Waals surface area contributed by atoms with Gasteiger partial charge in [-0.15, -0.1) is 24.0 Å². The molecule has 2 fully saturated rings. The molecule has 2 aliphatic rings. The lowest BCUT2D eigenvalue weighted by molar-refractivity contribution is -0.123. The third-order valence-electron chi connectivity index (χ3n) is 6.09. The van der Waals surface area contributed by atoms with Gasteiger partial charge in [0, 0.05) is 44.5 Å². The van der Waals surface area contributed by atoms with Gasteiger partial charge in [-0.25, -0.2) is 0 Å². The van der Waals surface area contributed by atoms with Crippen molar-refractivity contribution in [3.63, 3.8) is 0 Å². The maximum absolute atomic E-state index is 11.7. The first-order valence-corrected chi connectivity index (χ1v) is 11.9. The Kier molecular flexibility index (Phi) is 9.86. The van der Waals surface area contributed by atoms with Crippen LogP contribution in [0.2, 0.25) is 0 Å². The molecule has 1 saturated heterocycles. The molecule has 1 amide bonds. The van der Waals surface area contributed by atoms with Crippen LogP contribution >= 0.6 is 24.0 Å². The van der Waals surface area contributed by atoms with E-state index >= 15 is 0 Å². The van der Waals surface area contributed by atoms with Crippen molar-refractivity contribution in [3.8, 4) is 5.75 Å². The van der Waals surface area contributed by atoms with Crippen molar-refractivity contribution in [2.75, 3.05) is 38.2 Å². The fourth-order valence-electron chi connectivity index (χ4n) is 3.98. The number of amides is 1. The maximum Gasteiger partial charge on any atom is 0.258 e. The highest BCUT2D eigenvalue weighted by Crippen LogP contribution is 2.21. The van der Waals surface area contributed by atoms with Crippen LogP contribution in [0.4, 0.5) is 5.69 Å². The monoisotopic (exact) mass is 577 g/mol. The van der Waals surface area contributed by atoms with E-state index in [1.165, 1.54) is 16.8 Å². The van der Waals surface area contributed by atoms with Crippen LogP contribution in [0.15, 0.2) is 53.5 Å². The largest absolute Gasteiger partial charge is 0.484 e. The number of nitrogens with zero attached hydrogens (tertiary/aromatic N) is 2. The molecule has 8 heteroatoms. The number of halogens is 1. The van der Waals surface area contributed by atoms with Gasteiger partial charge in [0.25, 0.3) is 5.91 Å². The lowest BCUT2D eigenvalue weighted by Gasteiger charge is -2.20. The van der Waals surface area contributed by atoms with Gasteiger partial charge in [-0.3, -0.25) is 9.79 Å². The van der Waals surface area contributed by atoms with Gasteiger partial charge in [-0.1, -0.05) is 29.8 Å². The van der Waals surface area contributed by atoms with Crippen molar-refractivity contribution in [2.45, 2.75) is 44.7 Å². The van der Waals surface area contributed by atoms with E-state index in [0.29, 0.717) is 12.1 Å². The molecule has 7 nitrogen and oxygen atoms in total. The summed E-state index contributed by atoms with van der Waals surface area (Å²) in [6.45, 7) is 5.00. The lowest BCUT2D eigenvalue weighted by Crippen LogP contribution is -2.45. The van der Waals surface area contributed by atoms with Crippen molar-refractivity contribution in [2.24, 2.45) is 4.99 Å². The lowest BCUT2D eigenvalue weighted by atomic mass is 10.1. The number of rotatable bonds is 9. The molecule has 1 saturated carbocycles. The van der Waals surface area contributed by atoms with Crippen LogP contribution in [0.1, 0.15) is 30.4 Å². The molecule has 2 aromatic rings. The zero-order valence-electron chi connectivity index (χ0n) is 20.0. The highest BCUT2D eigenvalue weighted by atomic mass is 127. The van der Waals surface area contributed by atoms with Gasteiger partial charge in [0.05, 0.1) is 0 Å². The Labute approximate surface area is 219 Å². The van der Waals surface area contributed by atoms with E-state index in [9.17, 15) is 4.79 Å². The van der Waals surface area contributed by atoms with E-state index in [4.69, 9.17) is 4.74 Å². The molecule has 2 aromatic carbocycles. The number of hydrogen-bond acceptors (Lipinski definition) is 4. The highest BCUT2D eigenvalue weighted by Gasteiger charge is 2.24. The molecule has 1 atom stereocenters. The van der Waals surface area contributed by atoms with Crippen molar-refractivity contribution >= 4 is 41.5 Å². The van der Waals surface area contributed by atoms with Crippen LogP contribution in [0, 0.1) is 6.92 Å². The molecule has 4 rings (SSSR count). The summed E-state index contributed by atoms with van der Waals surface area (Å²) in [4.78, 5) is 18.5. The first-order valence-electron chi connectivity index (χ1n) is 11.9. The summed E-state index contributed by atoms with van der Waals surface area (Å²) in [5.74, 6) is 1.51. The molecule has 1 aliphatic heterocycles. The van der Waals surface area contributed by atoms with Gasteiger partial charge in [0.2, 0.25) is 0 Å². The second-order valence-corrected chi connectivity index (χ2v) is 8.93. The predicted octanol–water partition coefficient (Wildman–Crippen LogP) is 3.26. The number of hydrogen-bond donors (Lipinski definition) is 3. The van der Waals surface area contributed by atoms with Gasteiger partial charge >= 0.3 is 0 Å². The molecule has 1 heterocycles. The third kappa shape index (κ3) is 8.07. The molecule has 0 radical (unpaired) electrons. The Morgan fingerprint density at radius 3 is 2.44 bits per heavy atom. The van der Waals surface area contributed by atoms with E-state index in [1.54, 1.807) is 0 Å². The summed E-state index contributed by atoms with van der Waals surface area (Å²) < 4.78 is 5.57. The molecular formula is C26H36IN5O2. The normalized spacial score (nSPS) is 17.6. The molecule has 34 heavy (non-hydrogen) atoms. The topological polar surface area (TPSA) is 78.0 Å². The third-order valence-corrected chi connectivity index (χ3v) is 6.09. The van der Waals surface area contributed by atoms with Crippen LogP contribution in [0.3, 0.4) is 0 Å². The summed E-state index contributed by atoms with van der Waals surface area (Å²) in [5, 5.41) is 9.90. The van der Waals surface area contributed by atoms with Crippen LogP contribution in [0.25, 0.3) is 0 Å². The van der Waals surface area contributed by atoms with Gasteiger partial charge < -0.3 is 25.6 Å². The number of benzene rings is 2. The van der Waals surface area contributed by atoms with Crippen LogP contribution in [-0.2, 0) is 11.2 Å². The average molecular weight is 578 g/mol. The zero-order valence-corrected chi connectivity index (χ0v) is 22.4. The highest BCUT2D eigenvalue weighted by molar-refractivity contribution is 14.0. The van der Waals surface area contributed by atoms with E-state index in [-0.39, 0.29) is 36.5 Å². The Balaban J connectivity index is 0.00000324. The van der Waals surface area contributed by atoms with Crippen molar-refractivity contribution in [1.29, 1.82) is 0 Å². The standard InChI is InChI=1S/C26H35N5O2.HI/c1-19-3-9-23(10-4-19)31-16-14-22(17-31)30-26(27-2)28-15-13-20-5-11-24(12-6-20)33-18-25(32)29-21-7-8-21;/h3-6,9-12,21-22H,7-8,13-18H2,1-2H3,(H,29,32)(H2,27,28,30);1H. The Morgan fingerprint density at radius 2 is 1.76 bits per heavy atom. The summed E-state index contributed by atoms with van der Waals surface area (Å²) in [5.41, 5.74) is 3.78. The quantitative estimate of drug-likeness (QED) is 0.243. The Hall–Kier alpha value is -2.49. The minimum Gasteiger partial charge on any atom is -0.484 e.